The fourth-order valence-corrected chi connectivity index (χ4v) is 2.97. The third kappa shape index (κ3) is 4.53. The van der Waals surface area contributed by atoms with Crippen LogP contribution >= 0.6 is 0 Å². The number of halogens is 1. The number of carbonyl (C=O) groups excluding carboxylic acids is 2. The quantitative estimate of drug-likeness (QED) is 0.866. The van der Waals surface area contributed by atoms with E-state index in [9.17, 15) is 14.0 Å². The largest absolute Gasteiger partial charge is 0.452 e. The van der Waals surface area contributed by atoms with Crippen LogP contribution in [0.2, 0.25) is 0 Å². The molecule has 1 saturated carbocycles. The van der Waals surface area contributed by atoms with Crippen LogP contribution in [-0.2, 0) is 9.53 Å². The summed E-state index contributed by atoms with van der Waals surface area (Å²) >= 11 is 0. The molecule has 126 valence electrons. The molecule has 1 aromatic rings. The third-order valence-electron chi connectivity index (χ3n) is 4.80. The Morgan fingerprint density at radius 1 is 1.30 bits per heavy atom. The van der Waals surface area contributed by atoms with Crippen LogP contribution in [-0.4, -0.2) is 24.5 Å². The zero-order chi connectivity index (χ0) is 17.0. The first kappa shape index (κ1) is 17.4. The molecule has 0 bridgehead atoms. The van der Waals surface area contributed by atoms with E-state index < -0.39 is 11.8 Å². The molecule has 0 aromatic heterocycles. The van der Waals surface area contributed by atoms with Gasteiger partial charge >= 0.3 is 5.97 Å². The van der Waals surface area contributed by atoms with E-state index in [1.54, 1.807) is 6.92 Å². The lowest BCUT2D eigenvalue weighted by atomic mass is 9.78. The standard InChI is InChI=1S/C18H24FNO3/c1-11-5-4-6-16(13(11)3)20-17(21)10-23-18(22)14-8-7-12(2)15(19)9-14/h7-9,11,13,16H,4-6,10H2,1-3H3,(H,20,21)/t11-,13-,16-/m0/s1. The number of hydrogen-bond acceptors (Lipinski definition) is 3. The molecular weight excluding hydrogens is 297 g/mol. The predicted octanol–water partition coefficient (Wildman–Crippen LogP) is 3.23. The maximum atomic E-state index is 13.4. The molecular formula is C18H24FNO3. The van der Waals surface area contributed by atoms with Crippen LogP contribution in [0.4, 0.5) is 4.39 Å². The summed E-state index contributed by atoms with van der Waals surface area (Å²) in [5.41, 5.74) is 0.570. The number of ether oxygens (including phenoxy) is 1. The van der Waals surface area contributed by atoms with E-state index in [0.717, 1.165) is 18.9 Å². The third-order valence-corrected chi connectivity index (χ3v) is 4.80. The predicted molar refractivity (Wildman–Crippen MR) is 85.5 cm³/mol. The number of amides is 1. The van der Waals surface area contributed by atoms with Crippen LogP contribution in [0.15, 0.2) is 18.2 Å². The van der Waals surface area contributed by atoms with Crippen LogP contribution in [0.3, 0.4) is 0 Å². The van der Waals surface area contributed by atoms with Crippen LogP contribution in [0.1, 0.15) is 49.0 Å². The summed E-state index contributed by atoms with van der Waals surface area (Å²) in [6.45, 7) is 5.60. The summed E-state index contributed by atoms with van der Waals surface area (Å²) in [5.74, 6) is -0.475. The minimum absolute atomic E-state index is 0.112. The highest BCUT2D eigenvalue weighted by atomic mass is 19.1. The number of esters is 1. The molecule has 4 nitrogen and oxygen atoms in total. The van der Waals surface area contributed by atoms with Crippen LogP contribution in [0.25, 0.3) is 0 Å². The molecule has 1 aromatic carbocycles. The van der Waals surface area contributed by atoms with E-state index in [4.69, 9.17) is 4.74 Å². The van der Waals surface area contributed by atoms with Gasteiger partial charge in [-0.15, -0.1) is 0 Å². The van der Waals surface area contributed by atoms with E-state index in [1.807, 2.05) is 0 Å². The van der Waals surface area contributed by atoms with Crippen LogP contribution < -0.4 is 5.32 Å². The second-order valence-electron chi connectivity index (χ2n) is 6.48. The Morgan fingerprint density at radius 3 is 2.74 bits per heavy atom. The summed E-state index contributed by atoms with van der Waals surface area (Å²) in [6.07, 6.45) is 3.23. The summed E-state index contributed by atoms with van der Waals surface area (Å²) in [6, 6.07) is 4.25. The van der Waals surface area contributed by atoms with Gasteiger partial charge in [0.1, 0.15) is 5.82 Å². The average Bonchev–Trinajstić information content (AvgIpc) is 2.52. The van der Waals surface area contributed by atoms with Gasteiger partial charge in [-0.05, 0) is 42.9 Å². The van der Waals surface area contributed by atoms with Gasteiger partial charge in [0, 0.05) is 6.04 Å². The SMILES string of the molecule is Cc1ccc(C(=O)OCC(=O)N[C@H]2CCC[C@H](C)[C@@H]2C)cc1F. The molecule has 1 amide bonds. The Balaban J connectivity index is 1.84. The molecule has 2 rings (SSSR count). The number of nitrogens with one attached hydrogen (secondary N) is 1. The van der Waals surface area contributed by atoms with Crippen molar-refractivity contribution in [1.29, 1.82) is 0 Å². The molecule has 0 radical (unpaired) electrons. The zero-order valence-electron chi connectivity index (χ0n) is 13.9. The van der Waals surface area contributed by atoms with Gasteiger partial charge in [-0.1, -0.05) is 32.8 Å². The molecule has 23 heavy (non-hydrogen) atoms. The van der Waals surface area contributed by atoms with Crippen molar-refractivity contribution in [3.63, 3.8) is 0 Å². The normalized spacial score (nSPS) is 24.1. The number of hydrogen-bond donors (Lipinski definition) is 1. The molecule has 0 heterocycles. The first-order valence-electron chi connectivity index (χ1n) is 8.11. The average molecular weight is 321 g/mol. The number of carbonyl (C=O) groups is 2. The summed E-state index contributed by atoms with van der Waals surface area (Å²) < 4.78 is 18.4. The molecule has 0 spiro atoms. The second kappa shape index (κ2) is 7.57. The van der Waals surface area contributed by atoms with E-state index in [-0.39, 0.29) is 24.1 Å². The molecule has 3 atom stereocenters. The highest BCUT2D eigenvalue weighted by Gasteiger charge is 2.28. The molecule has 1 N–H and O–H groups in total. The molecule has 1 fully saturated rings. The van der Waals surface area contributed by atoms with Crippen molar-refractivity contribution in [2.45, 2.75) is 46.1 Å². The van der Waals surface area contributed by atoms with E-state index >= 15 is 0 Å². The van der Waals surface area contributed by atoms with E-state index in [1.165, 1.54) is 18.6 Å². The topological polar surface area (TPSA) is 55.4 Å². The fraction of sp³-hybridized carbons (Fsp3) is 0.556. The van der Waals surface area contributed by atoms with Crippen molar-refractivity contribution >= 4 is 11.9 Å². The molecule has 5 heteroatoms. The molecule has 0 unspecified atom stereocenters. The Morgan fingerprint density at radius 2 is 2.04 bits per heavy atom. The van der Waals surface area contributed by atoms with Gasteiger partial charge in [-0.25, -0.2) is 9.18 Å². The van der Waals surface area contributed by atoms with Crippen molar-refractivity contribution in [3.8, 4) is 0 Å². The van der Waals surface area contributed by atoms with Gasteiger partial charge < -0.3 is 10.1 Å². The monoisotopic (exact) mass is 321 g/mol. The van der Waals surface area contributed by atoms with Crippen molar-refractivity contribution in [2.75, 3.05) is 6.61 Å². The van der Waals surface area contributed by atoms with Gasteiger partial charge in [-0.2, -0.15) is 0 Å². The number of rotatable bonds is 4. The maximum absolute atomic E-state index is 13.4. The Bertz CT molecular complexity index is 588. The first-order valence-corrected chi connectivity index (χ1v) is 8.11. The highest BCUT2D eigenvalue weighted by molar-refractivity contribution is 5.91. The molecule has 1 aliphatic rings. The van der Waals surface area contributed by atoms with Crippen molar-refractivity contribution in [2.24, 2.45) is 11.8 Å². The molecule has 1 aliphatic carbocycles. The Labute approximate surface area is 136 Å². The Hall–Kier alpha value is -1.91. The fourth-order valence-electron chi connectivity index (χ4n) is 2.97. The van der Waals surface area contributed by atoms with Gasteiger partial charge in [0.15, 0.2) is 6.61 Å². The molecule has 0 saturated heterocycles. The zero-order valence-corrected chi connectivity index (χ0v) is 13.9. The van der Waals surface area contributed by atoms with Gasteiger partial charge in [0.05, 0.1) is 5.56 Å². The lowest BCUT2D eigenvalue weighted by molar-refractivity contribution is -0.125. The van der Waals surface area contributed by atoms with Crippen molar-refractivity contribution < 1.29 is 18.7 Å². The maximum Gasteiger partial charge on any atom is 0.338 e. The minimum atomic E-state index is -0.691. The van der Waals surface area contributed by atoms with Crippen LogP contribution in [0.5, 0.6) is 0 Å². The lowest BCUT2D eigenvalue weighted by Crippen LogP contribution is -2.45. The number of benzene rings is 1. The smallest absolute Gasteiger partial charge is 0.338 e. The second-order valence-corrected chi connectivity index (χ2v) is 6.48. The van der Waals surface area contributed by atoms with Gasteiger partial charge in [-0.3, -0.25) is 4.79 Å². The van der Waals surface area contributed by atoms with Crippen molar-refractivity contribution in [1.82, 2.24) is 5.32 Å². The molecule has 0 aliphatic heterocycles. The lowest BCUT2D eigenvalue weighted by Gasteiger charge is -2.34. The van der Waals surface area contributed by atoms with Crippen molar-refractivity contribution in [3.05, 3.63) is 35.1 Å². The van der Waals surface area contributed by atoms with E-state index in [2.05, 4.69) is 19.2 Å². The van der Waals surface area contributed by atoms with E-state index in [0.29, 0.717) is 17.4 Å². The Kier molecular flexibility index (Phi) is 5.74. The first-order chi connectivity index (χ1) is 10.9. The van der Waals surface area contributed by atoms with Gasteiger partial charge in [0.2, 0.25) is 0 Å². The summed E-state index contributed by atoms with van der Waals surface area (Å²) in [7, 11) is 0. The minimum Gasteiger partial charge on any atom is -0.452 e. The van der Waals surface area contributed by atoms with Gasteiger partial charge in [0.25, 0.3) is 5.91 Å². The summed E-state index contributed by atoms with van der Waals surface area (Å²) in [5, 5.41) is 2.94. The summed E-state index contributed by atoms with van der Waals surface area (Å²) in [4.78, 5) is 23.8. The highest BCUT2D eigenvalue weighted by Crippen LogP contribution is 2.29. The number of aryl methyl sites for hydroxylation is 1. The van der Waals surface area contributed by atoms with Crippen LogP contribution in [0, 0.1) is 24.6 Å².